The third kappa shape index (κ3) is 4.77. The van der Waals surface area contributed by atoms with Crippen LogP contribution in [-0.2, 0) is 25.7 Å². The summed E-state index contributed by atoms with van der Waals surface area (Å²) in [5, 5.41) is 3.96. The molecule has 0 atom stereocenters. The fraction of sp³-hybridized carbons (Fsp3) is 0.250. The van der Waals surface area contributed by atoms with Gasteiger partial charge in [-0.25, -0.2) is 9.78 Å². The van der Waals surface area contributed by atoms with E-state index in [0.717, 1.165) is 63.6 Å². The second-order valence-electron chi connectivity index (χ2n) is 9.95. The van der Waals surface area contributed by atoms with Crippen LogP contribution in [0.15, 0.2) is 80.8 Å². The topological polar surface area (TPSA) is 103 Å². The van der Waals surface area contributed by atoms with Crippen LogP contribution in [0.1, 0.15) is 48.5 Å². The van der Waals surface area contributed by atoms with Crippen molar-refractivity contribution in [2.24, 2.45) is 0 Å². The summed E-state index contributed by atoms with van der Waals surface area (Å²) in [6.07, 6.45) is 3.44. The number of aromatic amines is 1. The van der Waals surface area contributed by atoms with E-state index in [0.29, 0.717) is 37.3 Å². The zero-order valence-electron chi connectivity index (χ0n) is 22.6. The lowest BCUT2D eigenvalue weighted by Gasteiger charge is -2.18. The number of H-pyrrole nitrogens is 1. The van der Waals surface area contributed by atoms with Crippen molar-refractivity contribution < 1.29 is 9.26 Å². The van der Waals surface area contributed by atoms with Gasteiger partial charge in [-0.15, -0.1) is 0 Å². The Hall–Kier alpha value is -4.72. The van der Waals surface area contributed by atoms with Crippen molar-refractivity contribution in [3.63, 3.8) is 0 Å². The van der Waals surface area contributed by atoms with Crippen LogP contribution in [0.25, 0.3) is 28.2 Å². The summed E-state index contributed by atoms with van der Waals surface area (Å²) in [5.41, 5.74) is 6.87. The Morgan fingerprint density at radius 2 is 1.82 bits per heavy atom. The monoisotopic (exact) mass is 534 g/mol. The lowest BCUT2D eigenvalue weighted by Crippen LogP contribution is -2.29. The van der Waals surface area contributed by atoms with E-state index in [-0.39, 0.29) is 5.56 Å². The summed E-state index contributed by atoms with van der Waals surface area (Å²) in [7, 11) is 0. The number of hydrogen-bond acceptors (Lipinski definition) is 6. The Labute approximate surface area is 231 Å². The largest absolute Gasteiger partial charge is 0.493 e. The van der Waals surface area contributed by atoms with Gasteiger partial charge in [0, 0.05) is 30.4 Å². The number of hydrogen-bond donors (Lipinski definition) is 1. The minimum absolute atomic E-state index is 0.0577. The maximum Gasteiger partial charge on any atom is 0.439 e. The molecule has 0 bridgehead atoms. The van der Waals surface area contributed by atoms with Gasteiger partial charge < -0.3 is 4.74 Å². The van der Waals surface area contributed by atoms with Gasteiger partial charge in [-0.05, 0) is 52.9 Å². The first-order valence-electron chi connectivity index (χ1n) is 13.7. The molecule has 0 aliphatic carbocycles. The number of fused-ring (bicyclic) bond motifs is 1. The van der Waals surface area contributed by atoms with Crippen LogP contribution in [-0.4, -0.2) is 26.3 Å². The summed E-state index contributed by atoms with van der Waals surface area (Å²) in [6.45, 7) is 4.78. The van der Waals surface area contributed by atoms with Gasteiger partial charge in [0.2, 0.25) is 0 Å². The van der Waals surface area contributed by atoms with Gasteiger partial charge in [-0.1, -0.05) is 67.9 Å². The number of rotatable bonds is 8. The molecular weight excluding hydrogens is 504 g/mol. The van der Waals surface area contributed by atoms with Crippen LogP contribution in [0.3, 0.4) is 0 Å². The molecule has 6 rings (SSSR count). The van der Waals surface area contributed by atoms with Crippen molar-refractivity contribution in [3.05, 3.63) is 116 Å². The fourth-order valence-corrected chi connectivity index (χ4v) is 5.40. The molecule has 5 aromatic rings. The maximum absolute atomic E-state index is 14.2. The molecule has 8 heteroatoms. The van der Waals surface area contributed by atoms with E-state index < -0.39 is 5.76 Å². The predicted octanol–water partition coefficient (Wildman–Crippen LogP) is 5.28. The number of nitrogens with one attached hydrogen (secondary N) is 1. The molecule has 2 aromatic heterocycles. The first kappa shape index (κ1) is 25.6. The Morgan fingerprint density at radius 3 is 2.58 bits per heavy atom. The smallest absolute Gasteiger partial charge is 0.439 e. The van der Waals surface area contributed by atoms with E-state index in [9.17, 15) is 9.59 Å². The van der Waals surface area contributed by atoms with E-state index in [1.165, 1.54) is 0 Å². The Kier molecular flexibility index (Phi) is 6.90. The minimum atomic E-state index is -0.619. The SMILES string of the molecule is CCCc1nc(CC)n(-c2ccc3c(c2)CCO3)c(=O)c1Cc1ccc(-c2ccccc2)c(-c2noc(=O)[nH]2)c1. The number of aryl methyl sites for hydroxylation is 2. The summed E-state index contributed by atoms with van der Waals surface area (Å²) in [6, 6.07) is 21.8. The molecule has 202 valence electrons. The van der Waals surface area contributed by atoms with Crippen LogP contribution in [0, 0.1) is 0 Å². The van der Waals surface area contributed by atoms with Crippen molar-refractivity contribution in [3.8, 4) is 34.0 Å². The van der Waals surface area contributed by atoms with Crippen LogP contribution in [0.2, 0.25) is 0 Å². The zero-order valence-corrected chi connectivity index (χ0v) is 22.6. The van der Waals surface area contributed by atoms with Gasteiger partial charge >= 0.3 is 5.76 Å². The lowest BCUT2D eigenvalue weighted by atomic mass is 9.94. The standard InChI is InChI=1S/C32H30N4O4/c1-3-8-27-26(31(37)36(29(4-2)33-27)23-12-14-28-22(19-23)15-16-39-28)18-20-11-13-24(21-9-6-5-7-10-21)25(17-20)30-34-32(38)40-35-30/h5-7,9-14,17,19H,3-4,8,15-16,18H2,1-2H3,(H,34,35,38). The predicted molar refractivity (Wildman–Crippen MR) is 153 cm³/mol. The molecule has 0 spiro atoms. The minimum Gasteiger partial charge on any atom is -0.493 e. The van der Waals surface area contributed by atoms with Crippen LogP contribution in [0.5, 0.6) is 5.75 Å². The van der Waals surface area contributed by atoms with E-state index in [1.807, 2.05) is 73.7 Å². The maximum atomic E-state index is 14.2. The summed E-state index contributed by atoms with van der Waals surface area (Å²) >= 11 is 0. The second kappa shape index (κ2) is 10.8. The van der Waals surface area contributed by atoms with Gasteiger partial charge in [0.15, 0.2) is 5.82 Å². The van der Waals surface area contributed by atoms with Crippen LogP contribution < -0.4 is 16.1 Å². The van der Waals surface area contributed by atoms with E-state index >= 15 is 0 Å². The number of ether oxygens (including phenoxy) is 1. The van der Waals surface area contributed by atoms with Crippen molar-refractivity contribution >= 4 is 0 Å². The first-order chi connectivity index (χ1) is 19.6. The molecule has 1 aliphatic heterocycles. The third-order valence-electron chi connectivity index (χ3n) is 7.31. The highest BCUT2D eigenvalue weighted by Crippen LogP contribution is 2.32. The summed E-state index contributed by atoms with van der Waals surface area (Å²) < 4.78 is 12.3. The molecule has 1 N–H and O–H groups in total. The average Bonchev–Trinajstić information content (AvgIpc) is 3.63. The molecule has 0 amide bonds. The Bertz CT molecular complexity index is 1800. The van der Waals surface area contributed by atoms with E-state index in [4.69, 9.17) is 14.2 Å². The van der Waals surface area contributed by atoms with E-state index in [2.05, 4.69) is 17.1 Å². The van der Waals surface area contributed by atoms with Gasteiger partial charge in [0.05, 0.1) is 18.0 Å². The zero-order chi connectivity index (χ0) is 27.6. The highest BCUT2D eigenvalue weighted by atomic mass is 16.5. The summed E-state index contributed by atoms with van der Waals surface area (Å²) in [5.74, 6) is 1.35. The van der Waals surface area contributed by atoms with Crippen molar-refractivity contribution in [2.45, 2.75) is 46.0 Å². The van der Waals surface area contributed by atoms with Gasteiger partial charge in [-0.3, -0.25) is 18.9 Å². The molecule has 0 saturated heterocycles. The molecule has 0 saturated carbocycles. The van der Waals surface area contributed by atoms with Crippen LogP contribution >= 0.6 is 0 Å². The van der Waals surface area contributed by atoms with Crippen molar-refractivity contribution in [1.29, 1.82) is 0 Å². The lowest BCUT2D eigenvalue weighted by molar-refractivity contribution is 0.357. The molecule has 8 nitrogen and oxygen atoms in total. The Morgan fingerprint density at radius 1 is 0.975 bits per heavy atom. The van der Waals surface area contributed by atoms with Gasteiger partial charge in [0.1, 0.15) is 11.6 Å². The summed E-state index contributed by atoms with van der Waals surface area (Å²) in [4.78, 5) is 33.7. The van der Waals surface area contributed by atoms with Gasteiger partial charge in [-0.2, -0.15) is 0 Å². The number of nitrogens with zero attached hydrogens (tertiary/aromatic N) is 3. The van der Waals surface area contributed by atoms with Crippen molar-refractivity contribution in [2.75, 3.05) is 6.61 Å². The van der Waals surface area contributed by atoms with Gasteiger partial charge in [0.25, 0.3) is 5.56 Å². The van der Waals surface area contributed by atoms with Crippen LogP contribution in [0.4, 0.5) is 0 Å². The first-order valence-corrected chi connectivity index (χ1v) is 13.7. The fourth-order valence-electron chi connectivity index (χ4n) is 5.40. The Balaban J connectivity index is 1.48. The highest BCUT2D eigenvalue weighted by molar-refractivity contribution is 5.81. The average molecular weight is 535 g/mol. The molecular formula is C32H30N4O4. The third-order valence-corrected chi connectivity index (χ3v) is 7.31. The highest BCUT2D eigenvalue weighted by Gasteiger charge is 2.21. The second-order valence-corrected chi connectivity index (χ2v) is 9.95. The molecule has 40 heavy (non-hydrogen) atoms. The molecule has 3 aromatic carbocycles. The normalized spacial score (nSPS) is 12.3. The molecule has 0 fully saturated rings. The molecule has 1 aliphatic rings. The molecule has 0 radical (unpaired) electrons. The van der Waals surface area contributed by atoms with E-state index in [1.54, 1.807) is 4.57 Å². The molecule has 0 unspecified atom stereocenters. The van der Waals surface area contributed by atoms with Crippen molar-refractivity contribution in [1.82, 2.24) is 19.7 Å². The number of benzene rings is 3. The quantitative estimate of drug-likeness (QED) is 0.290. The molecule has 3 heterocycles. The number of aromatic nitrogens is 4.